The Morgan fingerprint density at radius 2 is 1.70 bits per heavy atom. The number of likely N-dealkylation sites (tertiary alicyclic amines) is 1. The monoisotopic (exact) mass is 364 g/mol. The van der Waals surface area contributed by atoms with Crippen LogP contribution in [-0.4, -0.2) is 40.8 Å². The van der Waals surface area contributed by atoms with Crippen LogP contribution in [0.15, 0.2) is 42.6 Å². The Kier molecular flexibility index (Phi) is 4.92. The molecule has 27 heavy (non-hydrogen) atoms. The molecule has 1 aromatic carbocycles. The number of Topliss-reactive ketones (excluding diaryl/α,β-unsaturated/α-hetero) is 1. The number of carbonyl (C=O) groups excluding carboxylic acids is 2. The largest absolute Gasteiger partial charge is 0.490 e. The number of hydrogen-bond acceptors (Lipinski definition) is 4. The molecule has 1 saturated carbocycles. The van der Waals surface area contributed by atoms with Crippen LogP contribution in [0.4, 0.5) is 0 Å². The van der Waals surface area contributed by atoms with E-state index >= 15 is 0 Å². The molecule has 0 N–H and O–H groups in total. The Bertz CT molecular complexity index is 818. The van der Waals surface area contributed by atoms with Crippen LogP contribution in [-0.2, 0) is 0 Å². The van der Waals surface area contributed by atoms with E-state index in [1.165, 1.54) is 0 Å². The molecule has 2 aromatic rings. The van der Waals surface area contributed by atoms with E-state index in [1.54, 1.807) is 12.3 Å². The van der Waals surface area contributed by atoms with Crippen molar-refractivity contribution < 1.29 is 14.3 Å². The van der Waals surface area contributed by atoms with Gasteiger partial charge in [-0.05, 0) is 55.7 Å². The van der Waals surface area contributed by atoms with Crippen molar-refractivity contribution in [3.8, 4) is 5.75 Å². The standard InChI is InChI=1S/C22H24N2O3/c1-15-2-9-20(23-14-15)22(26)24-12-10-19(11-13-24)27-18-7-5-17(6-8-18)21(25)16-3-4-16/h2,5-9,14,16,19H,3-4,10-13H2,1H3. The van der Waals surface area contributed by atoms with E-state index in [1.807, 2.05) is 42.2 Å². The second-order valence-electron chi connectivity index (χ2n) is 7.49. The lowest BCUT2D eigenvalue weighted by atomic mass is 10.1. The average molecular weight is 364 g/mol. The molecule has 0 atom stereocenters. The van der Waals surface area contributed by atoms with Gasteiger partial charge in [0.1, 0.15) is 17.5 Å². The number of ketones is 1. The summed E-state index contributed by atoms with van der Waals surface area (Å²) >= 11 is 0. The quantitative estimate of drug-likeness (QED) is 0.760. The summed E-state index contributed by atoms with van der Waals surface area (Å²) in [6.45, 7) is 3.28. The molecule has 1 aliphatic heterocycles. The molecule has 140 valence electrons. The highest BCUT2D eigenvalue weighted by atomic mass is 16.5. The van der Waals surface area contributed by atoms with E-state index in [-0.39, 0.29) is 23.7 Å². The third kappa shape index (κ3) is 4.18. The summed E-state index contributed by atoms with van der Waals surface area (Å²) in [4.78, 5) is 30.7. The van der Waals surface area contributed by atoms with Gasteiger partial charge in [0.25, 0.3) is 5.91 Å². The van der Waals surface area contributed by atoms with E-state index in [2.05, 4.69) is 4.98 Å². The maximum Gasteiger partial charge on any atom is 0.272 e. The first kappa shape index (κ1) is 17.7. The summed E-state index contributed by atoms with van der Waals surface area (Å²) in [6.07, 6.45) is 5.44. The highest BCUT2D eigenvalue weighted by Gasteiger charge is 2.30. The fraction of sp³-hybridized carbons (Fsp3) is 0.409. The molecule has 5 heteroatoms. The molecule has 1 aliphatic carbocycles. The van der Waals surface area contributed by atoms with Crippen molar-refractivity contribution in [2.24, 2.45) is 5.92 Å². The number of carbonyl (C=O) groups is 2. The number of hydrogen-bond donors (Lipinski definition) is 0. The molecule has 0 radical (unpaired) electrons. The number of amides is 1. The summed E-state index contributed by atoms with van der Waals surface area (Å²) in [5, 5.41) is 0. The van der Waals surface area contributed by atoms with Gasteiger partial charge in [-0.25, -0.2) is 0 Å². The topological polar surface area (TPSA) is 59.5 Å². The van der Waals surface area contributed by atoms with Crippen LogP contribution in [0.1, 0.15) is 52.1 Å². The van der Waals surface area contributed by atoms with Crippen LogP contribution in [0.3, 0.4) is 0 Å². The van der Waals surface area contributed by atoms with Gasteiger partial charge in [0.05, 0.1) is 0 Å². The van der Waals surface area contributed by atoms with E-state index < -0.39 is 0 Å². The molecule has 1 aromatic heterocycles. The highest BCUT2D eigenvalue weighted by Crippen LogP contribution is 2.33. The smallest absolute Gasteiger partial charge is 0.272 e. The number of nitrogens with zero attached hydrogens (tertiary/aromatic N) is 2. The second-order valence-corrected chi connectivity index (χ2v) is 7.49. The number of benzene rings is 1. The maximum atomic E-state index is 12.5. The molecule has 0 unspecified atom stereocenters. The predicted molar refractivity (Wildman–Crippen MR) is 102 cm³/mol. The van der Waals surface area contributed by atoms with Crippen LogP contribution >= 0.6 is 0 Å². The van der Waals surface area contributed by atoms with Crippen molar-refractivity contribution in [2.75, 3.05) is 13.1 Å². The van der Waals surface area contributed by atoms with E-state index in [4.69, 9.17) is 4.74 Å². The third-order valence-corrected chi connectivity index (χ3v) is 5.25. The Labute approximate surface area is 159 Å². The first-order valence-corrected chi connectivity index (χ1v) is 9.63. The minimum Gasteiger partial charge on any atom is -0.490 e. The van der Waals surface area contributed by atoms with Crippen molar-refractivity contribution in [1.82, 2.24) is 9.88 Å². The molecule has 2 heterocycles. The molecule has 2 aliphatic rings. The zero-order chi connectivity index (χ0) is 18.8. The van der Waals surface area contributed by atoms with E-state index in [9.17, 15) is 9.59 Å². The van der Waals surface area contributed by atoms with Crippen molar-refractivity contribution in [1.29, 1.82) is 0 Å². The molecule has 2 fully saturated rings. The minimum absolute atomic E-state index is 0.0172. The van der Waals surface area contributed by atoms with Crippen LogP contribution in [0.25, 0.3) is 0 Å². The van der Waals surface area contributed by atoms with Gasteiger partial charge in [-0.2, -0.15) is 0 Å². The first-order valence-electron chi connectivity index (χ1n) is 9.63. The molecule has 0 bridgehead atoms. The van der Waals surface area contributed by atoms with E-state index in [0.29, 0.717) is 18.8 Å². The fourth-order valence-corrected chi connectivity index (χ4v) is 3.40. The Morgan fingerprint density at radius 3 is 2.30 bits per heavy atom. The lowest BCUT2D eigenvalue weighted by Crippen LogP contribution is -2.42. The van der Waals surface area contributed by atoms with Gasteiger partial charge in [-0.15, -0.1) is 0 Å². The molecule has 5 nitrogen and oxygen atoms in total. The number of aryl methyl sites for hydroxylation is 1. The SMILES string of the molecule is Cc1ccc(C(=O)N2CCC(Oc3ccc(C(=O)C4CC4)cc3)CC2)nc1. The third-order valence-electron chi connectivity index (χ3n) is 5.25. The number of piperidine rings is 1. The predicted octanol–water partition coefficient (Wildman–Crippen LogP) is 3.67. The summed E-state index contributed by atoms with van der Waals surface area (Å²) in [5.74, 6) is 1.25. The maximum absolute atomic E-state index is 12.5. The van der Waals surface area contributed by atoms with Gasteiger partial charge in [0, 0.05) is 43.6 Å². The van der Waals surface area contributed by atoms with Gasteiger partial charge in [0.2, 0.25) is 0 Å². The Morgan fingerprint density at radius 1 is 1.00 bits per heavy atom. The van der Waals surface area contributed by atoms with Gasteiger partial charge in [0.15, 0.2) is 5.78 Å². The lowest BCUT2D eigenvalue weighted by molar-refractivity contribution is 0.0590. The number of ether oxygens (including phenoxy) is 1. The summed E-state index contributed by atoms with van der Waals surface area (Å²) in [6, 6.07) is 11.2. The molecule has 0 spiro atoms. The van der Waals surface area contributed by atoms with Crippen LogP contribution in [0.2, 0.25) is 0 Å². The van der Waals surface area contributed by atoms with Gasteiger partial charge < -0.3 is 9.64 Å². The molecule has 1 amide bonds. The average Bonchev–Trinajstić information content (AvgIpc) is 3.54. The van der Waals surface area contributed by atoms with Crippen molar-refractivity contribution in [3.05, 3.63) is 59.4 Å². The molecular formula is C22H24N2O3. The number of aromatic nitrogens is 1. The van der Waals surface area contributed by atoms with Crippen molar-refractivity contribution in [3.63, 3.8) is 0 Å². The van der Waals surface area contributed by atoms with Crippen LogP contribution in [0, 0.1) is 12.8 Å². The first-order chi connectivity index (χ1) is 13.1. The summed E-state index contributed by atoms with van der Waals surface area (Å²) in [7, 11) is 0. The lowest BCUT2D eigenvalue weighted by Gasteiger charge is -2.32. The normalized spacial score (nSPS) is 17.6. The fourth-order valence-electron chi connectivity index (χ4n) is 3.40. The van der Waals surface area contributed by atoms with Crippen molar-refractivity contribution in [2.45, 2.75) is 38.7 Å². The summed E-state index contributed by atoms with van der Waals surface area (Å²) in [5.41, 5.74) is 2.32. The number of rotatable bonds is 5. The van der Waals surface area contributed by atoms with Crippen molar-refractivity contribution >= 4 is 11.7 Å². The van der Waals surface area contributed by atoms with E-state index in [0.717, 1.165) is 42.6 Å². The second kappa shape index (κ2) is 7.51. The Hall–Kier alpha value is -2.69. The number of pyridine rings is 1. The van der Waals surface area contributed by atoms with Gasteiger partial charge in [-0.1, -0.05) is 6.07 Å². The molecule has 4 rings (SSSR count). The molecular weight excluding hydrogens is 340 g/mol. The van der Waals surface area contributed by atoms with Crippen LogP contribution < -0.4 is 4.74 Å². The minimum atomic E-state index is -0.0172. The highest BCUT2D eigenvalue weighted by molar-refractivity contribution is 5.99. The molecule has 1 saturated heterocycles. The Balaban J connectivity index is 1.29. The zero-order valence-corrected chi connectivity index (χ0v) is 15.6. The zero-order valence-electron chi connectivity index (χ0n) is 15.6. The van der Waals surface area contributed by atoms with Crippen LogP contribution in [0.5, 0.6) is 5.75 Å². The van der Waals surface area contributed by atoms with Gasteiger partial charge >= 0.3 is 0 Å². The summed E-state index contributed by atoms with van der Waals surface area (Å²) < 4.78 is 6.05. The van der Waals surface area contributed by atoms with Gasteiger partial charge in [-0.3, -0.25) is 14.6 Å².